The highest BCUT2D eigenvalue weighted by molar-refractivity contribution is 9.10. The van der Waals surface area contributed by atoms with Gasteiger partial charge in [0.15, 0.2) is 11.6 Å². The average molecular weight is 326 g/mol. The first-order valence-electron chi connectivity index (χ1n) is 5.97. The molecule has 1 nitrogen and oxygen atoms in total. The second-order valence-corrected chi connectivity index (χ2v) is 5.26. The van der Waals surface area contributed by atoms with Crippen LogP contribution >= 0.6 is 15.9 Å². The molecule has 19 heavy (non-hydrogen) atoms. The Balaban J connectivity index is 2.21. The van der Waals surface area contributed by atoms with Crippen LogP contribution in [0, 0.1) is 11.6 Å². The van der Waals surface area contributed by atoms with Gasteiger partial charge in [-0.25, -0.2) is 8.78 Å². The molecule has 0 heterocycles. The zero-order valence-corrected chi connectivity index (χ0v) is 12.0. The van der Waals surface area contributed by atoms with E-state index in [0.29, 0.717) is 6.42 Å². The molecule has 0 aliphatic heterocycles. The molecule has 2 aromatic rings. The van der Waals surface area contributed by atoms with Gasteiger partial charge in [-0.1, -0.05) is 34.1 Å². The predicted octanol–water partition coefficient (Wildman–Crippen LogP) is 4.23. The van der Waals surface area contributed by atoms with Crippen molar-refractivity contribution >= 4 is 15.9 Å². The van der Waals surface area contributed by atoms with Gasteiger partial charge in [0.25, 0.3) is 0 Å². The minimum atomic E-state index is -0.813. The fourth-order valence-corrected chi connectivity index (χ4v) is 2.43. The van der Waals surface area contributed by atoms with Crippen molar-refractivity contribution in [2.75, 3.05) is 7.05 Å². The maximum atomic E-state index is 13.2. The molecular formula is C15H14BrF2N. The molecule has 0 aliphatic rings. The molecule has 0 fully saturated rings. The van der Waals surface area contributed by atoms with Crippen LogP contribution in [-0.4, -0.2) is 7.05 Å². The molecule has 2 aromatic carbocycles. The van der Waals surface area contributed by atoms with Crippen molar-refractivity contribution in [3.05, 3.63) is 69.7 Å². The number of likely N-dealkylation sites (N-methyl/N-ethyl adjacent to an activating group) is 1. The van der Waals surface area contributed by atoms with Gasteiger partial charge in [-0.3, -0.25) is 0 Å². The van der Waals surface area contributed by atoms with Gasteiger partial charge in [-0.05, 0) is 48.9 Å². The van der Waals surface area contributed by atoms with Gasteiger partial charge in [-0.2, -0.15) is 0 Å². The van der Waals surface area contributed by atoms with E-state index in [1.165, 1.54) is 6.07 Å². The standard InChI is InChI=1S/C15H14BrF2N/c1-19-15(11-3-2-4-12(16)9-11)8-10-5-6-13(17)14(18)7-10/h2-7,9,15,19H,8H2,1H3. The number of benzene rings is 2. The molecule has 0 amide bonds. The second-order valence-electron chi connectivity index (χ2n) is 4.35. The van der Waals surface area contributed by atoms with Crippen molar-refractivity contribution in [2.24, 2.45) is 0 Å². The van der Waals surface area contributed by atoms with Crippen molar-refractivity contribution in [1.82, 2.24) is 5.32 Å². The second kappa shape index (κ2) is 6.26. The maximum absolute atomic E-state index is 13.2. The summed E-state index contributed by atoms with van der Waals surface area (Å²) in [5, 5.41) is 3.19. The molecule has 0 aliphatic carbocycles. The van der Waals surface area contributed by atoms with E-state index in [-0.39, 0.29) is 6.04 Å². The minimum Gasteiger partial charge on any atom is -0.313 e. The molecule has 0 radical (unpaired) electrons. The summed E-state index contributed by atoms with van der Waals surface area (Å²) in [6.45, 7) is 0. The van der Waals surface area contributed by atoms with E-state index < -0.39 is 11.6 Å². The third kappa shape index (κ3) is 3.61. The number of rotatable bonds is 4. The first-order chi connectivity index (χ1) is 9.10. The van der Waals surface area contributed by atoms with E-state index in [4.69, 9.17) is 0 Å². The van der Waals surface area contributed by atoms with E-state index in [9.17, 15) is 8.78 Å². The van der Waals surface area contributed by atoms with Crippen molar-refractivity contribution in [3.63, 3.8) is 0 Å². The zero-order valence-electron chi connectivity index (χ0n) is 10.5. The van der Waals surface area contributed by atoms with Crippen LogP contribution in [0.1, 0.15) is 17.2 Å². The SMILES string of the molecule is CNC(Cc1ccc(F)c(F)c1)c1cccc(Br)c1. The van der Waals surface area contributed by atoms with E-state index >= 15 is 0 Å². The van der Waals surface area contributed by atoms with E-state index in [1.807, 2.05) is 31.3 Å². The summed E-state index contributed by atoms with van der Waals surface area (Å²) in [7, 11) is 1.85. The van der Waals surface area contributed by atoms with Crippen LogP contribution in [0.3, 0.4) is 0 Å². The minimum absolute atomic E-state index is 0.0577. The summed E-state index contributed by atoms with van der Waals surface area (Å²) >= 11 is 3.43. The summed E-state index contributed by atoms with van der Waals surface area (Å²) in [5.41, 5.74) is 1.86. The topological polar surface area (TPSA) is 12.0 Å². The number of halogens is 3. The first-order valence-corrected chi connectivity index (χ1v) is 6.76. The van der Waals surface area contributed by atoms with Crippen LogP contribution in [0.4, 0.5) is 8.78 Å². The largest absolute Gasteiger partial charge is 0.313 e. The van der Waals surface area contributed by atoms with Crippen LogP contribution in [0.2, 0.25) is 0 Å². The van der Waals surface area contributed by atoms with Gasteiger partial charge >= 0.3 is 0 Å². The van der Waals surface area contributed by atoms with Gasteiger partial charge in [0.1, 0.15) is 0 Å². The van der Waals surface area contributed by atoms with E-state index in [2.05, 4.69) is 21.2 Å². The molecule has 0 saturated heterocycles. The Hall–Kier alpha value is -1.26. The summed E-state index contributed by atoms with van der Waals surface area (Å²) < 4.78 is 27.1. The molecule has 1 N–H and O–H groups in total. The molecule has 0 aromatic heterocycles. The zero-order chi connectivity index (χ0) is 13.8. The molecule has 0 spiro atoms. The molecule has 4 heteroatoms. The normalized spacial score (nSPS) is 12.4. The third-order valence-electron chi connectivity index (χ3n) is 3.02. The van der Waals surface area contributed by atoms with Crippen LogP contribution in [0.25, 0.3) is 0 Å². The summed E-state index contributed by atoms with van der Waals surface area (Å²) in [6.07, 6.45) is 0.601. The predicted molar refractivity (Wildman–Crippen MR) is 76.0 cm³/mol. The molecule has 0 bridgehead atoms. The highest BCUT2D eigenvalue weighted by Crippen LogP contribution is 2.22. The van der Waals surface area contributed by atoms with Crippen LogP contribution in [0.15, 0.2) is 46.9 Å². The lowest BCUT2D eigenvalue weighted by molar-refractivity contribution is 0.504. The van der Waals surface area contributed by atoms with Crippen LogP contribution in [0.5, 0.6) is 0 Å². The van der Waals surface area contributed by atoms with Gasteiger partial charge in [0.2, 0.25) is 0 Å². The molecule has 1 atom stereocenters. The fraction of sp³-hybridized carbons (Fsp3) is 0.200. The number of hydrogen-bond donors (Lipinski definition) is 1. The highest BCUT2D eigenvalue weighted by atomic mass is 79.9. The van der Waals surface area contributed by atoms with Crippen molar-refractivity contribution < 1.29 is 8.78 Å². The quantitative estimate of drug-likeness (QED) is 0.887. The van der Waals surface area contributed by atoms with Gasteiger partial charge < -0.3 is 5.32 Å². The fourth-order valence-electron chi connectivity index (χ4n) is 2.01. The summed E-state index contributed by atoms with van der Waals surface area (Å²) in [4.78, 5) is 0. The highest BCUT2D eigenvalue weighted by Gasteiger charge is 2.12. The smallest absolute Gasteiger partial charge is 0.159 e. The molecule has 100 valence electrons. The Bertz CT molecular complexity index is 572. The molecule has 2 rings (SSSR count). The monoisotopic (exact) mass is 325 g/mol. The lowest BCUT2D eigenvalue weighted by atomic mass is 9.99. The third-order valence-corrected chi connectivity index (χ3v) is 3.52. The maximum Gasteiger partial charge on any atom is 0.159 e. The van der Waals surface area contributed by atoms with Crippen LogP contribution in [-0.2, 0) is 6.42 Å². The molecule has 1 unspecified atom stereocenters. The number of hydrogen-bond acceptors (Lipinski definition) is 1. The lowest BCUT2D eigenvalue weighted by Crippen LogP contribution is -2.18. The molecular weight excluding hydrogens is 312 g/mol. The van der Waals surface area contributed by atoms with Gasteiger partial charge in [0.05, 0.1) is 0 Å². The first kappa shape index (κ1) is 14.2. The Morgan fingerprint density at radius 1 is 1.11 bits per heavy atom. The summed E-state index contributed by atoms with van der Waals surface area (Å²) in [5.74, 6) is -1.62. The average Bonchev–Trinajstić information content (AvgIpc) is 2.40. The lowest BCUT2D eigenvalue weighted by Gasteiger charge is -2.17. The molecule has 0 saturated carbocycles. The van der Waals surface area contributed by atoms with Crippen molar-refractivity contribution in [1.29, 1.82) is 0 Å². The van der Waals surface area contributed by atoms with Gasteiger partial charge in [0, 0.05) is 10.5 Å². The van der Waals surface area contributed by atoms with Gasteiger partial charge in [-0.15, -0.1) is 0 Å². The summed E-state index contributed by atoms with van der Waals surface area (Å²) in [6, 6.07) is 12.0. The Kier molecular flexibility index (Phi) is 4.66. The Labute approximate surface area is 119 Å². The Morgan fingerprint density at radius 2 is 1.89 bits per heavy atom. The van der Waals surface area contributed by atoms with Crippen molar-refractivity contribution in [3.8, 4) is 0 Å². The van der Waals surface area contributed by atoms with E-state index in [1.54, 1.807) is 6.07 Å². The van der Waals surface area contributed by atoms with Crippen molar-refractivity contribution in [2.45, 2.75) is 12.5 Å². The number of nitrogens with one attached hydrogen (secondary N) is 1. The van der Waals surface area contributed by atoms with E-state index in [0.717, 1.165) is 21.7 Å². The Morgan fingerprint density at radius 3 is 2.53 bits per heavy atom. The van der Waals surface area contributed by atoms with Crippen LogP contribution < -0.4 is 5.32 Å².